The van der Waals surface area contributed by atoms with Gasteiger partial charge >= 0.3 is 5.97 Å². The van der Waals surface area contributed by atoms with Gasteiger partial charge in [-0.2, -0.15) is 0 Å². The molecule has 2 heterocycles. The van der Waals surface area contributed by atoms with Crippen LogP contribution in [0, 0.1) is 0 Å². The monoisotopic (exact) mass is 322 g/mol. The highest BCUT2D eigenvalue weighted by atomic mass is 32.2. The predicted octanol–water partition coefficient (Wildman–Crippen LogP) is 0.996. The lowest BCUT2D eigenvalue weighted by atomic mass is 10.2. The van der Waals surface area contributed by atoms with E-state index in [1.165, 1.54) is 30.4 Å². The van der Waals surface area contributed by atoms with Crippen LogP contribution in [0.3, 0.4) is 0 Å². The molecule has 0 N–H and O–H groups in total. The lowest BCUT2D eigenvalue weighted by Crippen LogP contribution is -2.15. The largest absolute Gasteiger partial charge is 0.462 e. The molecule has 0 amide bonds. The zero-order valence-corrected chi connectivity index (χ0v) is 13.0. The van der Waals surface area contributed by atoms with E-state index in [9.17, 15) is 18.0 Å². The molecule has 2 rings (SSSR count). The summed E-state index contributed by atoms with van der Waals surface area (Å²) in [6, 6.07) is 0. The van der Waals surface area contributed by atoms with Gasteiger partial charge in [0, 0.05) is 10.5 Å². The first kappa shape index (κ1) is 14.9. The summed E-state index contributed by atoms with van der Waals surface area (Å²) < 4.78 is 28.5. The molecule has 0 aromatic rings. The average Bonchev–Trinajstić information content (AvgIpc) is 2.70. The quantitative estimate of drug-likeness (QED) is 0.332. The van der Waals surface area contributed by atoms with Crippen LogP contribution in [-0.4, -0.2) is 48.8 Å². The van der Waals surface area contributed by atoms with Crippen molar-refractivity contribution in [3.8, 4) is 0 Å². The number of rotatable bonds is 3. The summed E-state index contributed by atoms with van der Waals surface area (Å²) in [6.07, 6.45) is 0. The van der Waals surface area contributed by atoms with Crippen LogP contribution in [0.25, 0.3) is 0 Å². The predicted molar refractivity (Wildman–Crippen MR) is 75.8 cm³/mol. The molecular weight excluding hydrogens is 308 g/mol. The van der Waals surface area contributed by atoms with Crippen LogP contribution in [0.4, 0.5) is 0 Å². The molecule has 0 bridgehead atoms. The molecule has 0 spiro atoms. The fourth-order valence-electron chi connectivity index (χ4n) is 2.00. The maximum Gasteiger partial charge on any atom is 0.343 e. The van der Waals surface area contributed by atoms with Crippen LogP contribution in [0.15, 0.2) is 9.81 Å². The van der Waals surface area contributed by atoms with Crippen molar-refractivity contribution in [1.82, 2.24) is 0 Å². The Morgan fingerprint density at radius 1 is 1.26 bits per heavy atom. The van der Waals surface area contributed by atoms with Gasteiger partial charge in [0.1, 0.15) is 5.57 Å². The van der Waals surface area contributed by atoms with Crippen molar-refractivity contribution in [3.05, 3.63) is 9.81 Å². The minimum atomic E-state index is -2.97. The summed E-state index contributed by atoms with van der Waals surface area (Å²) >= 11 is 2.63. The third-order valence-electron chi connectivity index (χ3n) is 2.80. The zero-order chi connectivity index (χ0) is 14.2. The van der Waals surface area contributed by atoms with E-state index in [0.717, 1.165) is 0 Å². The number of fused-ring (bicyclic) bond motifs is 1. The molecule has 19 heavy (non-hydrogen) atoms. The molecule has 0 aromatic carbocycles. The molecule has 5 nitrogen and oxygen atoms in total. The van der Waals surface area contributed by atoms with E-state index >= 15 is 0 Å². The molecule has 8 heteroatoms. The SMILES string of the molecule is CCOC(=O)C(C(C)=O)=C1S[C@H]2CS(=O)(=O)C[C@@H]2S1. The number of thioether (sulfide) groups is 2. The number of hydrogen-bond acceptors (Lipinski definition) is 7. The maximum absolute atomic E-state index is 11.8. The van der Waals surface area contributed by atoms with Crippen molar-refractivity contribution >= 4 is 45.1 Å². The van der Waals surface area contributed by atoms with Gasteiger partial charge in [0.05, 0.1) is 22.3 Å². The molecule has 2 atom stereocenters. The number of esters is 1. The van der Waals surface area contributed by atoms with Gasteiger partial charge in [-0.1, -0.05) is 0 Å². The Kier molecular flexibility index (Phi) is 4.32. The molecule has 0 radical (unpaired) electrons. The number of sulfone groups is 1. The fourth-order valence-corrected chi connectivity index (χ4v) is 8.66. The number of carbonyl (C=O) groups excluding carboxylic acids is 2. The first-order chi connectivity index (χ1) is 8.84. The lowest BCUT2D eigenvalue weighted by molar-refractivity contribution is -0.139. The Hall–Kier alpha value is -0.470. The molecule has 0 aromatic heterocycles. The minimum Gasteiger partial charge on any atom is -0.462 e. The summed E-state index contributed by atoms with van der Waals surface area (Å²) in [5, 5.41) is -0.123. The maximum atomic E-state index is 11.8. The molecule has 2 fully saturated rings. The second kappa shape index (κ2) is 5.49. The van der Waals surface area contributed by atoms with Crippen LogP contribution in [0.2, 0.25) is 0 Å². The van der Waals surface area contributed by atoms with E-state index in [4.69, 9.17) is 4.74 Å². The summed E-state index contributed by atoms with van der Waals surface area (Å²) in [4.78, 5) is 23.4. The van der Waals surface area contributed by atoms with E-state index in [0.29, 0.717) is 4.24 Å². The van der Waals surface area contributed by atoms with Gasteiger partial charge in [-0.3, -0.25) is 4.79 Å². The summed E-state index contributed by atoms with van der Waals surface area (Å²) in [5.74, 6) is -0.719. The minimum absolute atomic E-state index is 0.0589. The van der Waals surface area contributed by atoms with Crippen molar-refractivity contribution in [2.24, 2.45) is 0 Å². The van der Waals surface area contributed by atoms with Crippen LogP contribution < -0.4 is 0 Å². The van der Waals surface area contributed by atoms with Crippen molar-refractivity contribution < 1.29 is 22.7 Å². The lowest BCUT2D eigenvalue weighted by Gasteiger charge is -2.07. The van der Waals surface area contributed by atoms with Gasteiger partial charge < -0.3 is 4.74 Å². The van der Waals surface area contributed by atoms with Gasteiger partial charge in [-0.15, -0.1) is 23.5 Å². The van der Waals surface area contributed by atoms with Crippen molar-refractivity contribution in [3.63, 3.8) is 0 Å². The fraction of sp³-hybridized carbons (Fsp3) is 0.636. The molecular formula is C11H14O5S3. The highest BCUT2D eigenvalue weighted by Gasteiger charge is 2.45. The Bertz CT molecular complexity index is 527. The van der Waals surface area contributed by atoms with Gasteiger partial charge in [-0.05, 0) is 13.8 Å². The molecule has 0 unspecified atom stereocenters. The van der Waals surface area contributed by atoms with Gasteiger partial charge in [0.15, 0.2) is 15.6 Å². The van der Waals surface area contributed by atoms with E-state index in [-0.39, 0.29) is 40.0 Å². The van der Waals surface area contributed by atoms with Gasteiger partial charge in [0.2, 0.25) is 0 Å². The van der Waals surface area contributed by atoms with Crippen LogP contribution in [-0.2, 0) is 24.2 Å². The Labute approximate surface area is 120 Å². The third-order valence-corrected chi connectivity index (χ3v) is 8.14. The van der Waals surface area contributed by atoms with Crippen molar-refractivity contribution in [2.45, 2.75) is 24.3 Å². The van der Waals surface area contributed by atoms with E-state index in [2.05, 4.69) is 0 Å². The normalized spacial score (nSPS) is 28.0. The highest BCUT2D eigenvalue weighted by molar-refractivity contribution is 8.27. The van der Waals surface area contributed by atoms with Crippen molar-refractivity contribution in [1.29, 1.82) is 0 Å². The third kappa shape index (κ3) is 3.17. The second-order valence-corrected chi connectivity index (χ2v) is 9.24. The zero-order valence-electron chi connectivity index (χ0n) is 10.5. The molecule has 0 aliphatic carbocycles. The van der Waals surface area contributed by atoms with E-state index < -0.39 is 15.8 Å². The van der Waals surface area contributed by atoms with Crippen LogP contribution in [0.5, 0.6) is 0 Å². The van der Waals surface area contributed by atoms with E-state index in [1.807, 2.05) is 0 Å². The van der Waals surface area contributed by atoms with Gasteiger partial charge in [-0.25, -0.2) is 13.2 Å². The topological polar surface area (TPSA) is 77.5 Å². The molecule has 106 valence electrons. The number of carbonyl (C=O) groups is 2. The number of hydrogen-bond donors (Lipinski definition) is 0. The standard InChI is InChI=1S/C11H14O5S3/c1-3-16-10(13)9(6(2)12)11-17-7-4-19(14,15)5-8(7)18-11/h7-8H,3-5H2,1-2H3/t7-,8-/m0/s1. The Morgan fingerprint density at radius 2 is 1.79 bits per heavy atom. The Balaban J connectivity index is 2.24. The van der Waals surface area contributed by atoms with Crippen LogP contribution >= 0.6 is 23.5 Å². The van der Waals surface area contributed by atoms with Gasteiger partial charge in [0.25, 0.3) is 0 Å². The molecule has 2 aliphatic rings. The summed E-state index contributed by atoms with van der Waals surface area (Å²) in [6.45, 7) is 3.21. The van der Waals surface area contributed by atoms with Crippen molar-refractivity contribution in [2.75, 3.05) is 18.1 Å². The number of ketones is 1. The second-order valence-electron chi connectivity index (χ2n) is 4.33. The Morgan fingerprint density at radius 3 is 2.21 bits per heavy atom. The van der Waals surface area contributed by atoms with E-state index in [1.54, 1.807) is 6.92 Å². The molecule has 0 saturated carbocycles. The summed E-state index contributed by atoms with van der Waals surface area (Å²) in [7, 11) is -2.97. The number of Topliss-reactive ketones (excluding diaryl/α,β-unsaturated/α-hetero) is 1. The number of ether oxygens (including phenoxy) is 1. The molecule has 2 aliphatic heterocycles. The first-order valence-corrected chi connectivity index (χ1v) is 9.38. The smallest absolute Gasteiger partial charge is 0.343 e. The summed E-state index contributed by atoms with van der Waals surface area (Å²) in [5.41, 5.74) is 0.0589. The van der Waals surface area contributed by atoms with Crippen LogP contribution in [0.1, 0.15) is 13.8 Å². The highest BCUT2D eigenvalue weighted by Crippen LogP contribution is 2.52. The average molecular weight is 322 g/mol. The molecule has 2 saturated heterocycles. The first-order valence-electron chi connectivity index (χ1n) is 5.80.